The third-order valence-corrected chi connectivity index (χ3v) is 1.51. The summed E-state index contributed by atoms with van der Waals surface area (Å²) >= 11 is 0. The van der Waals surface area contributed by atoms with E-state index < -0.39 is 0 Å². The molecule has 4 heteroatoms. The Hall–Kier alpha value is -1.45. The van der Waals surface area contributed by atoms with Crippen molar-refractivity contribution >= 4 is 5.65 Å². The highest BCUT2D eigenvalue weighted by Gasteiger charge is 2.00. The molecule has 0 saturated carbocycles. The zero-order valence-corrected chi connectivity index (χ0v) is 5.95. The van der Waals surface area contributed by atoms with E-state index in [-0.39, 0.29) is 5.82 Å². The standard InChI is InChI=1S/C7H6FN3/c1-5-6(8)4-11-7(10-5)2-3-9-11/h2-4H,1H3. The summed E-state index contributed by atoms with van der Waals surface area (Å²) in [5.41, 5.74) is 1.07. The number of fused-ring (bicyclic) bond motifs is 1. The van der Waals surface area contributed by atoms with Crippen molar-refractivity contribution in [3.63, 3.8) is 0 Å². The topological polar surface area (TPSA) is 30.2 Å². The molecule has 0 spiro atoms. The van der Waals surface area contributed by atoms with E-state index in [0.717, 1.165) is 0 Å². The van der Waals surface area contributed by atoms with Crippen molar-refractivity contribution in [3.8, 4) is 0 Å². The van der Waals surface area contributed by atoms with Crippen LogP contribution in [0.15, 0.2) is 18.5 Å². The molecule has 0 radical (unpaired) electrons. The first kappa shape index (κ1) is 6.27. The van der Waals surface area contributed by atoms with Gasteiger partial charge in [-0.3, -0.25) is 0 Å². The summed E-state index contributed by atoms with van der Waals surface area (Å²) in [6, 6.07) is 1.73. The van der Waals surface area contributed by atoms with Crippen LogP contribution in [0.5, 0.6) is 0 Å². The van der Waals surface area contributed by atoms with E-state index in [0.29, 0.717) is 11.3 Å². The van der Waals surface area contributed by atoms with Crippen LogP contribution in [0.4, 0.5) is 4.39 Å². The van der Waals surface area contributed by atoms with Gasteiger partial charge < -0.3 is 0 Å². The van der Waals surface area contributed by atoms with Crippen LogP contribution in [0.25, 0.3) is 5.65 Å². The average Bonchev–Trinajstić information content (AvgIpc) is 2.36. The predicted molar refractivity (Wildman–Crippen MR) is 37.7 cm³/mol. The first-order chi connectivity index (χ1) is 5.27. The Morgan fingerprint density at radius 2 is 2.36 bits per heavy atom. The van der Waals surface area contributed by atoms with Gasteiger partial charge in [0.15, 0.2) is 11.5 Å². The van der Waals surface area contributed by atoms with E-state index in [4.69, 9.17) is 0 Å². The average molecular weight is 151 g/mol. The Kier molecular flexibility index (Phi) is 1.15. The number of rotatable bonds is 0. The summed E-state index contributed by atoms with van der Waals surface area (Å²) in [5, 5.41) is 3.83. The van der Waals surface area contributed by atoms with E-state index >= 15 is 0 Å². The summed E-state index contributed by atoms with van der Waals surface area (Å²) in [5.74, 6) is -0.332. The monoisotopic (exact) mass is 151 g/mol. The Labute approximate surface area is 62.5 Å². The first-order valence-electron chi connectivity index (χ1n) is 3.24. The van der Waals surface area contributed by atoms with E-state index in [1.807, 2.05) is 0 Å². The zero-order chi connectivity index (χ0) is 7.84. The summed E-state index contributed by atoms with van der Waals surface area (Å²) in [6.07, 6.45) is 2.90. The first-order valence-corrected chi connectivity index (χ1v) is 3.24. The van der Waals surface area contributed by atoms with E-state index in [2.05, 4.69) is 10.1 Å². The summed E-state index contributed by atoms with van der Waals surface area (Å²) in [6.45, 7) is 1.63. The highest BCUT2D eigenvalue weighted by Crippen LogP contribution is 2.04. The second kappa shape index (κ2) is 2.02. The van der Waals surface area contributed by atoms with Crippen LogP contribution >= 0.6 is 0 Å². The molecule has 0 amide bonds. The molecular weight excluding hydrogens is 145 g/mol. The van der Waals surface area contributed by atoms with Gasteiger partial charge in [-0.2, -0.15) is 5.10 Å². The molecule has 2 aromatic heterocycles. The molecule has 2 aromatic rings. The number of hydrogen-bond donors (Lipinski definition) is 0. The second-order valence-electron chi connectivity index (χ2n) is 2.31. The number of halogens is 1. The largest absolute Gasteiger partial charge is 0.231 e. The molecular formula is C7H6FN3. The van der Waals surface area contributed by atoms with Crippen molar-refractivity contribution in [1.82, 2.24) is 14.6 Å². The lowest BCUT2D eigenvalue weighted by molar-refractivity contribution is 0.595. The van der Waals surface area contributed by atoms with Crippen LogP contribution in [-0.4, -0.2) is 14.6 Å². The normalized spacial score (nSPS) is 10.7. The Morgan fingerprint density at radius 3 is 3.18 bits per heavy atom. The van der Waals surface area contributed by atoms with Crippen molar-refractivity contribution < 1.29 is 4.39 Å². The molecule has 0 aromatic carbocycles. The third-order valence-electron chi connectivity index (χ3n) is 1.51. The van der Waals surface area contributed by atoms with Gasteiger partial charge in [0.05, 0.1) is 18.1 Å². The summed E-state index contributed by atoms with van der Waals surface area (Å²) < 4.78 is 14.2. The summed E-state index contributed by atoms with van der Waals surface area (Å²) in [7, 11) is 0. The minimum absolute atomic E-state index is 0.332. The van der Waals surface area contributed by atoms with E-state index in [1.165, 1.54) is 10.7 Å². The van der Waals surface area contributed by atoms with Crippen molar-refractivity contribution in [2.75, 3.05) is 0 Å². The van der Waals surface area contributed by atoms with Crippen LogP contribution < -0.4 is 0 Å². The van der Waals surface area contributed by atoms with E-state index in [1.54, 1.807) is 19.2 Å². The lowest BCUT2D eigenvalue weighted by Crippen LogP contribution is -1.95. The van der Waals surface area contributed by atoms with Gasteiger partial charge in [-0.05, 0) is 6.92 Å². The van der Waals surface area contributed by atoms with Crippen LogP contribution in [0.3, 0.4) is 0 Å². The van der Waals surface area contributed by atoms with Crippen molar-refractivity contribution in [3.05, 3.63) is 30.0 Å². The Bertz CT molecular complexity index is 357. The maximum absolute atomic E-state index is 12.8. The molecule has 0 fully saturated rings. The molecule has 11 heavy (non-hydrogen) atoms. The number of hydrogen-bond acceptors (Lipinski definition) is 2. The van der Waals surface area contributed by atoms with Crippen molar-refractivity contribution in [2.45, 2.75) is 6.92 Å². The van der Waals surface area contributed by atoms with Gasteiger partial charge in [0.25, 0.3) is 0 Å². The van der Waals surface area contributed by atoms with E-state index in [9.17, 15) is 4.39 Å². The zero-order valence-electron chi connectivity index (χ0n) is 5.95. The smallest absolute Gasteiger partial charge is 0.162 e. The molecule has 0 unspecified atom stereocenters. The van der Waals surface area contributed by atoms with Crippen LogP contribution in [0, 0.1) is 12.7 Å². The fourth-order valence-corrected chi connectivity index (χ4v) is 0.921. The number of aromatic nitrogens is 3. The van der Waals surface area contributed by atoms with Gasteiger partial charge in [-0.25, -0.2) is 13.9 Å². The lowest BCUT2D eigenvalue weighted by atomic mass is 10.4. The van der Waals surface area contributed by atoms with Gasteiger partial charge in [-0.1, -0.05) is 0 Å². The Morgan fingerprint density at radius 1 is 1.55 bits per heavy atom. The molecule has 0 atom stereocenters. The van der Waals surface area contributed by atoms with Gasteiger partial charge in [0, 0.05) is 6.07 Å². The molecule has 0 aliphatic carbocycles. The maximum Gasteiger partial charge on any atom is 0.162 e. The van der Waals surface area contributed by atoms with Gasteiger partial charge in [0.2, 0.25) is 0 Å². The second-order valence-corrected chi connectivity index (χ2v) is 2.31. The molecule has 0 saturated heterocycles. The third kappa shape index (κ3) is 0.869. The molecule has 2 rings (SSSR count). The highest BCUT2D eigenvalue weighted by atomic mass is 19.1. The van der Waals surface area contributed by atoms with Crippen molar-refractivity contribution in [2.24, 2.45) is 0 Å². The molecule has 0 bridgehead atoms. The molecule has 2 heterocycles. The lowest BCUT2D eigenvalue weighted by Gasteiger charge is -1.95. The molecule has 0 aliphatic rings. The van der Waals surface area contributed by atoms with Gasteiger partial charge in [0.1, 0.15) is 0 Å². The van der Waals surface area contributed by atoms with Gasteiger partial charge in [-0.15, -0.1) is 0 Å². The van der Waals surface area contributed by atoms with Gasteiger partial charge >= 0.3 is 0 Å². The van der Waals surface area contributed by atoms with Crippen molar-refractivity contribution in [1.29, 1.82) is 0 Å². The SMILES string of the molecule is Cc1nc2ccnn2cc1F. The minimum atomic E-state index is -0.332. The summed E-state index contributed by atoms with van der Waals surface area (Å²) in [4.78, 5) is 3.96. The molecule has 0 aliphatic heterocycles. The number of nitrogens with zero attached hydrogens (tertiary/aromatic N) is 3. The minimum Gasteiger partial charge on any atom is -0.231 e. The quantitative estimate of drug-likeness (QED) is 0.565. The maximum atomic E-state index is 12.8. The highest BCUT2D eigenvalue weighted by molar-refractivity contribution is 5.36. The Balaban J connectivity index is 2.86. The van der Waals surface area contributed by atoms with Crippen LogP contribution in [-0.2, 0) is 0 Å². The molecule has 56 valence electrons. The molecule has 0 N–H and O–H groups in total. The van der Waals surface area contributed by atoms with Crippen LogP contribution in [0.2, 0.25) is 0 Å². The fraction of sp³-hybridized carbons (Fsp3) is 0.143. The number of aryl methyl sites for hydroxylation is 1. The predicted octanol–water partition coefficient (Wildman–Crippen LogP) is 1.18. The van der Waals surface area contributed by atoms with Crippen LogP contribution in [0.1, 0.15) is 5.69 Å². The molecule has 3 nitrogen and oxygen atoms in total. The fourth-order valence-electron chi connectivity index (χ4n) is 0.921.